The van der Waals surface area contributed by atoms with E-state index < -0.39 is 0 Å². The Morgan fingerprint density at radius 1 is 1.35 bits per heavy atom. The van der Waals surface area contributed by atoms with Gasteiger partial charge in [0.1, 0.15) is 12.3 Å². The van der Waals surface area contributed by atoms with E-state index in [0.717, 1.165) is 24.3 Å². The highest BCUT2D eigenvalue weighted by molar-refractivity contribution is 5.47. The van der Waals surface area contributed by atoms with Crippen LogP contribution >= 0.6 is 0 Å². The molecule has 0 aromatic heterocycles. The molecule has 0 aliphatic carbocycles. The van der Waals surface area contributed by atoms with Crippen LogP contribution in [0.25, 0.3) is 0 Å². The number of anilines is 1. The third-order valence-corrected chi connectivity index (χ3v) is 2.01. The summed E-state index contributed by atoms with van der Waals surface area (Å²) in [5.41, 5.74) is 3.45. The van der Waals surface area contributed by atoms with Crippen molar-refractivity contribution >= 4 is 5.69 Å². The van der Waals surface area contributed by atoms with Crippen LogP contribution in [0.1, 0.15) is 26.7 Å². The minimum atomic E-state index is 0.388. The number of rotatable bonds is 7. The van der Waals surface area contributed by atoms with Crippen molar-refractivity contribution in [1.82, 2.24) is 0 Å². The van der Waals surface area contributed by atoms with Gasteiger partial charge in [0, 0.05) is 6.07 Å². The van der Waals surface area contributed by atoms with Gasteiger partial charge in [-0.1, -0.05) is 19.9 Å². The summed E-state index contributed by atoms with van der Waals surface area (Å²) in [6.45, 7) is 5.06. The van der Waals surface area contributed by atoms with Gasteiger partial charge in [-0.2, -0.15) is 4.86 Å². The van der Waals surface area contributed by atoms with Crippen molar-refractivity contribution in [1.29, 1.82) is 0 Å². The molecule has 0 fully saturated rings. The maximum absolute atomic E-state index is 11.1. The van der Waals surface area contributed by atoms with Gasteiger partial charge in [-0.3, -0.25) is 0 Å². The SMILES string of the molecule is CCCOc1cccc(NN=[N+]([O-])CCC)c1. The molecule has 5 heteroatoms. The van der Waals surface area contributed by atoms with E-state index in [1.54, 1.807) is 0 Å². The van der Waals surface area contributed by atoms with E-state index >= 15 is 0 Å². The Morgan fingerprint density at radius 3 is 2.88 bits per heavy atom. The van der Waals surface area contributed by atoms with Gasteiger partial charge in [0.2, 0.25) is 0 Å². The van der Waals surface area contributed by atoms with E-state index in [0.29, 0.717) is 18.0 Å². The summed E-state index contributed by atoms with van der Waals surface area (Å²) in [5.74, 6) is 0.778. The molecule has 0 heterocycles. The predicted molar refractivity (Wildman–Crippen MR) is 67.1 cm³/mol. The van der Waals surface area contributed by atoms with Crippen molar-refractivity contribution in [2.45, 2.75) is 26.7 Å². The molecule has 0 saturated heterocycles. The molecule has 1 aromatic carbocycles. The zero-order chi connectivity index (χ0) is 12.5. The fourth-order valence-electron chi connectivity index (χ4n) is 1.23. The largest absolute Gasteiger partial charge is 0.696 e. The second kappa shape index (κ2) is 7.49. The quantitative estimate of drug-likeness (QED) is 0.450. The highest BCUT2D eigenvalue weighted by atomic mass is 16.5. The standard InChI is InChI=1S/C12H19N3O2/c1-3-8-15(16)14-13-11-6-5-7-12(10-11)17-9-4-2/h5-7,10,13H,3-4,8-9H2,1-2H3. The maximum Gasteiger partial charge on any atom is 0.150 e. The van der Waals surface area contributed by atoms with Crippen molar-refractivity contribution in [2.75, 3.05) is 18.6 Å². The van der Waals surface area contributed by atoms with E-state index in [-0.39, 0.29) is 0 Å². The van der Waals surface area contributed by atoms with Gasteiger partial charge >= 0.3 is 0 Å². The Kier molecular flexibility index (Phi) is 5.85. The molecule has 0 amide bonds. The lowest BCUT2D eigenvalue weighted by atomic mass is 10.3. The number of hydrogen-bond acceptors (Lipinski definition) is 3. The Hall–Kier alpha value is -1.78. The van der Waals surface area contributed by atoms with Gasteiger partial charge in [-0.05, 0) is 25.0 Å². The summed E-state index contributed by atoms with van der Waals surface area (Å²) in [4.78, 5) is 0.638. The summed E-state index contributed by atoms with van der Waals surface area (Å²) in [6, 6.07) is 7.39. The normalized spacial score (nSPS) is 11.3. The number of hydroxylamine groups is 1. The molecule has 0 aliphatic heterocycles. The average Bonchev–Trinajstić information content (AvgIpc) is 2.35. The molecule has 0 bridgehead atoms. The van der Waals surface area contributed by atoms with Crippen LogP contribution in [0, 0.1) is 5.21 Å². The van der Waals surface area contributed by atoms with Crippen LogP contribution in [0.4, 0.5) is 5.69 Å². The highest BCUT2D eigenvalue weighted by Gasteiger charge is 1.99. The second-order valence-electron chi connectivity index (χ2n) is 3.66. The minimum Gasteiger partial charge on any atom is -0.696 e. The predicted octanol–water partition coefficient (Wildman–Crippen LogP) is 3.17. The molecule has 0 radical (unpaired) electrons. The van der Waals surface area contributed by atoms with Crippen molar-refractivity contribution < 1.29 is 9.60 Å². The van der Waals surface area contributed by atoms with Gasteiger partial charge < -0.3 is 9.94 Å². The summed E-state index contributed by atoms with van der Waals surface area (Å²) >= 11 is 0. The monoisotopic (exact) mass is 237 g/mol. The van der Waals surface area contributed by atoms with E-state index in [2.05, 4.69) is 17.6 Å². The van der Waals surface area contributed by atoms with Gasteiger partial charge in [-0.15, -0.1) is 5.43 Å². The highest BCUT2D eigenvalue weighted by Crippen LogP contribution is 2.17. The van der Waals surface area contributed by atoms with Gasteiger partial charge in [0.15, 0.2) is 5.69 Å². The van der Waals surface area contributed by atoms with E-state index in [9.17, 15) is 5.21 Å². The molecule has 0 spiro atoms. The molecular weight excluding hydrogens is 218 g/mol. The Bertz CT molecular complexity index is 367. The number of nitrogens with one attached hydrogen (secondary N) is 1. The van der Waals surface area contributed by atoms with Crippen molar-refractivity contribution in [3.8, 4) is 5.75 Å². The molecule has 0 atom stereocenters. The first-order valence-electron chi connectivity index (χ1n) is 5.90. The molecule has 0 unspecified atom stereocenters. The Balaban J connectivity index is 2.56. The number of benzene rings is 1. The molecule has 5 nitrogen and oxygen atoms in total. The lowest BCUT2D eigenvalue weighted by molar-refractivity contribution is -0.528. The van der Waals surface area contributed by atoms with E-state index in [4.69, 9.17) is 4.74 Å². The lowest BCUT2D eigenvalue weighted by Crippen LogP contribution is -2.04. The van der Waals surface area contributed by atoms with Crippen molar-refractivity contribution in [3.05, 3.63) is 29.5 Å². The average molecular weight is 237 g/mol. The lowest BCUT2D eigenvalue weighted by Gasteiger charge is -2.05. The number of ether oxygens (including phenoxy) is 1. The van der Waals surface area contributed by atoms with Gasteiger partial charge in [-0.25, -0.2) is 0 Å². The van der Waals surface area contributed by atoms with Crippen LogP contribution in [0.5, 0.6) is 5.75 Å². The summed E-state index contributed by atoms with van der Waals surface area (Å²) < 4.78 is 5.48. The molecule has 0 aliphatic rings. The van der Waals surface area contributed by atoms with Crippen LogP contribution in [0.2, 0.25) is 0 Å². The van der Waals surface area contributed by atoms with Crippen LogP contribution in [0.15, 0.2) is 29.5 Å². The third-order valence-electron chi connectivity index (χ3n) is 2.01. The second-order valence-corrected chi connectivity index (χ2v) is 3.66. The van der Waals surface area contributed by atoms with E-state index in [1.807, 2.05) is 31.2 Å². The van der Waals surface area contributed by atoms with Crippen LogP contribution < -0.4 is 10.2 Å². The molecule has 1 aromatic rings. The summed E-state index contributed by atoms with van der Waals surface area (Å²) in [5, 5.41) is 14.8. The zero-order valence-corrected chi connectivity index (χ0v) is 10.3. The van der Waals surface area contributed by atoms with Crippen molar-refractivity contribution in [2.24, 2.45) is 5.22 Å². The van der Waals surface area contributed by atoms with Crippen LogP contribution in [0.3, 0.4) is 0 Å². The first-order chi connectivity index (χ1) is 8.26. The fourth-order valence-corrected chi connectivity index (χ4v) is 1.23. The molecule has 0 saturated carbocycles. The topological polar surface area (TPSA) is 59.7 Å². The molecule has 94 valence electrons. The van der Waals surface area contributed by atoms with Crippen LogP contribution in [-0.2, 0) is 0 Å². The van der Waals surface area contributed by atoms with Crippen molar-refractivity contribution in [3.63, 3.8) is 0 Å². The van der Waals surface area contributed by atoms with Gasteiger partial charge in [0.05, 0.1) is 11.8 Å². The zero-order valence-electron chi connectivity index (χ0n) is 10.3. The molecular formula is C12H19N3O2. The fraction of sp³-hybridized carbons (Fsp3) is 0.500. The third kappa shape index (κ3) is 5.19. The first kappa shape index (κ1) is 13.3. The molecule has 1 rings (SSSR count). The van der Waals surface area contributed by atoms with Crippen LogP contribution in [-0.4, -0.2) is 18.0 Å². The number of nitrogens with zero attached hydrogens (tertiary/aromatic N) is 2. The minimum absolute atomic E-state index is 0.388. The smallest absolute Gasteiger partial charge is 0.150 e. The molecule has 17 heavy (non-hydrogen) atoms. The van der Waals surface area contributed by atoms with E-state index in [1.165, 1.54) is 0 Å². The maximum atomic E-state index is 11.1. The Morgan fingerprint density at radius 2 is 2.18 bits per heavy atom. The Labute approximate surface area is 102 Å². The molecule has 1 N–H and O–H groups in total. The number of hydrogen-bond donors (Lipinski definition) is 1. The first-order valence-corrected chi connectivity index (χ1v) is 5.90. The summed E-state index contributed by atoms with van der Waals surface area (Å²) in [6.07, 6.45) is 1.74. The van der Waals surface area contributed by atoms with Gasteiger partial charge in [0.25, 0.3) is 0 Å². The summed E-state index contributed by atoms with van der Waals surface area (Å²) in [7, 11) is 0.